The highest BCUT2D eigenvalue weighted by molar-refractivity contribution is 7.16. The van der Waals surface area contributed by atoms with Crippen LogP contribution in [0.4, 0.5) is 18.2 Å². The molecule has 3 N–H and O–H groups in total. The van der Waals surface area contributed by atoms with Crippen molar-refractivity contribution in [1.29, 1.82) is 5.26 Å². The zero-order chi connectivity index (χ0) is 24.2. The summed E-state index contributed by atoms with van der Waals surface area (Å²) < 4.78 is 46.9. The van der Waals surface area contributed by atoms with Crippen molar-refractivity contribution in [2.24, 2.45) is 0 Å². The second-order valence-corrected chi connectivity index (χ2v) is 8.78. The Balaban J connectivity index is 1.96. The first-order valence-electron chi connectivity index (χ1n) is 10.3. The summed E-state index contributed by atoms with van der Waals surface area (Å²) in [4.78, 5) is 26.2. The summed E-state index contributed by atoms with van der Waals surface area (Å²) in [6.07, 6.45) is -5.00. The highest BCUT2D eigenvalue weighted by Gasteiger charge is 2.63. The lowest BCUT2D eigenvalue weighted by molar-refractivity contribution is -0.929. The first-order valence-corrected chi connectivity index (χ1v) is 11.1. The first kappa shape index (κ1) is 24.5. The Hall–Kier alpha value is -3.10. The summed E-state index contributed by atoms with van der Waals surface area (Å²) in [6.45, 7) is 3.34. The van der Waals surface area contributed by atoms with Gasteiger partial charge in [-0.2, -0.15) is 18.4 Å². The second-order valence-electron chi connectivity index (χ2n) is 7.67. The molecule has 0 fully saturated rings. The maximum atomic E-state index is 14.2. The lowest BCUT2D eigenvalue weighted by Crippen LogP contribution is -3.10. The number of nitrogens with zero attached hydrogens (tertiary/aromatic N) is 1. The summed E-state index contributed by atoms with van der Waals surface area (Å²) in [7, 11) is 0.804. The number of quaternary nitrogens is 1. The normalized spacial score (nSPS) is 17.3. The number of anilines is 1. The Morgan fingerprint density at radius 3 is 2.55 bits per heavy atom. The number of alkyl halides is 3. The fraction of sp³-hybridized carbons (Fsp3) is 0.409. The Labute approximate surface area is 193 Å². The van der Waals surface area contributed by atoms with Gasteiger partial charge in [0.15, 0.2) is 0 Å². The van der Waals surface area contributed by atoms with Gasteiger partial charge < -0.3 is 20.3 Å². The largest absolute Gasteiger partial charge is 0.466 e. The van der Waals surface area contributed by atoms with Gasteiger partial charge in [-0.25, -0.2) is 4.79 Å². The second kappa shape index (κ2) is 9.80. The lowest BCUT2D eigenvalue weighted by Gasteiger charge is -2.34. The number of rotatable bonds is 7. The Bertz CT molecular complexity index is 1070. The Kier molecular flexibility index (Phi) is 7.29. The molecule has 1 aromatic carbocycles. The topological polar surface area (TPSA) is 95.7 Å². The van der Waals surface area contributed by atoms with Crippen molar-refractivity contribution in [2.75, 3.05) is 19.0 Å². The summed E-state index contributed by atoms with van der Waals surface area (Å²) in [5, 5.41) is 13.5. The summed E-state index contributed by atoms with van der Waals surface area (Å²) in [5.74, 6) is -2.72. The van der Waals surface area contributed by atoms with Crippen LogP contribution in [0.1, 0.15) is 34.9 Å². The van der Waals surface area contributed by atoms with Crippen LogP contribution in [0.25, 0.3) is 0 Å². The van der Waals surface area contributed by atoms with Crippen molar-refractivity contribution < 1.29 is 32.4 Å². The zero-order valence-electron chi connectivity index (χ0n) is 18.1. The number of nitriles is 1. The molecule has 7 nitrogen and oxygen atoms in total. The van der Waals surface area contributed by atoms with E-state index in [0.717, 1.165) is 35.4 Å². The molecular formula is C22H24F3N4O3S+. The number of esters is 1. The van der Waals surface area contributed by atoms with Gasteiger partial charge in [0.25, 0.3) is 0 Å². The molecule has 0 spiro atoms. The smallest absolute Gasteiger partial charge is 0.441 e. The molecule has 3 rings (SSSR count). The average Bonchev–Trinajstić information content (AvgIpc) is 3.13. The highest BCUT2D eigenvalue weighted by atomic mass is 32.1. The molecule has 11 heteroatoms. The molecule has 2 atom stereocenters. The molecule has 1 aliphatic heterocycles. The van der Waals surface area contributed by atoms with Gasteiger partial charge in [-0.05, 0) is 5.56 Å². The number of methoxy groups -OCH3 is 1. The number of nitrogens with one attached hydrogen (secondary N) is 3. The van der Waals surface area contributed by atoms with E-state index >= 15 is 0 Å². The van der Waals surface area contributed by atoms with Crippen LogP contribution in [0.5, 0.6) is 0 Å². The van der Waals surface area contributed by atoms with Gasteiger partial charge in [-0.3, -0.25) is 4.79 Å². The third-order valence-corrected chi connectivity index (χ3v) is 6.65. The van der Waals surface area contributed by atoms with E-state index in [1.165, 1.54) is 11.8 Å². The Morgan fingerprint density at radius 2 is 1.97 bits per heavy atom. The van der Waals surface area contributed by atoms with Crippen LogP contribution < -0.4 is 15.5 Å². The van der Waals surface area contributed by atoms with Gasteiger partial charge in [0.2, 0.25) is 5.91 Å². The summed E-state index contributed by atoms with van der Waals surface area (Å²) in [6, 6.07) is 11.8. The van der Waals surface area contributed by atoms with Gasteiger partial charge in [0.1, 0.15) is 24.2 Å². The third-order valence-electron chi connectivity index (χ3n) is 5.50. The molecule has 2 aromatic rings. The monoisotopic (exact) mass is 481 g/mol. The first-order chi connectivity index (χ1) is 15.6. The highest BCUT2D eigenvalue weighted by Crippen LogP contribution is 2.40. The summed E-state index contributed by atoms with van der Waals surface area (Å²) >= 11 is 0.993. The van der Waals surface area contributed by atoms with E-state index in [-0.39, 0.29) is 17.0 Å². The SMILES string of the molecule is CCC(=O)NC(Nc1sc2c(c1C#N)CC[NH+](Cc1ccccc1)C2)(C(=O)OC)C(F)(F)F. The van der Waals surface area contributed by atoms with Crippen molar-refractivity contribution in [3.63, 3.8) is 0 Å². The van der Waals surface area contributed by atoms with Crippen molar-refractivity contribution >= 4 is 28.2 Å². The van der Waals surface area contributed by atoms with Crippen LogP contribution in [-0.4, -0.2) is 37.4 Å². The van der Waals surface area contributed by atoms with Crippen LogP contribution >= 0.6 is 11.3 Å². The quantitative estimate of drug-likeness (QED) is 0.416. The number of amides is 1. The molecule has 0 radical (unpaired) electrons. The van der Waals surface area contributed by atoms with Crippen LogP contribution in [0.3, 0.4) is 0 Å². The molecule has 2 unspecified atom stereocenters. The number of fused-ring (bicyclic) bond motifs is 1. The molecule has 0 bridgehead atoms. The number of hydrogen-bond acceptors (Lipinski definition) is 6. The number of benzene rings is 1. The standard InChI is InChI=1S/C22H23F3N4O3S/c1-3-18(30)27-21(20(31)32-2,22(23,24)25)28-19-16(11-26)15-9-10-29(13-17(15)33-19)12-14-7-5-4-6-8-14/h4-8,28H,3,9-10,12-13H2,1-2H3,(H,27,30)/p+1. The Morgan fingerprint density at radius 1 is 1.27 bits per heavy atom. The van der Waals surface area contributed by atoms with E-state index in [1.807, 2.05) is 36.4 Å². The number of ether oxygens (including phenoxy) is 1. The number of halogens is 3. The molecular weight excluding hydrogens is 457 g/mol. The average molecular weight is 482 g/mol. The molecule has 0 saturated heterocycles. The van der Waals surface area contributed by atoms with Gasteiger partial charge in [0.05, 0.1) is 24.1 Å². The summed E-state index contributed by atoms with van der Waals surface area (Å²) in [5.41, 5.74) is -1.65. The van der Waals surface area contributed by atoms with E-state index < -0.39 is 23.7 Å². The maximum Gasteiger partial charge on any atom is 0.441 e. The maximum absolute atomic E-state index is 14.2. The van der Waals surface area contributed by atoms with Crippen LogP contribution in [0.15, 0.2) is 30.3 Å². The van der Waals surface area contributed by atoms with Gasteiger partial charge in [-0.1, -0.05) is 37.3 Å². The van der Waals surface area contributed by atoms with Gasteiger partial charge in [-0.15, -0.1) is 11.3 Å². The number of carbonyl (C=O) groups is 2. The van der Waals surface area contributed by atoms with E-state index in [2.05, 4.69) is 10.1 Å². The van der Waals surface area contributed by atoms with E-state index in [4.69, 9.17) is 0 Å². The predicted octanol–water partition coefficient (Wildman–Crippen LogP) is 2.13. The molecule has 1 aliphatic rings. The molecule has 1 aromatic heterocycles. The zero-order valence-corrected chi connectivity index (χ0v) is 19.0. The molecule has 176 valence electrons. The van der Waals surface area contributed by atoms with Crippen molar-refractivity contribution in [3.05, 3.63) is 51.9 Å². The van der Waals surface area contributed by atoms with Gasteiger partial charge >= 0.3 is 17.8 Å². The fourth-order valence-corrected chi connectivity index (χ4v) is 5.12. The number of carbonyl (C=O) groups excluding carboxylic acids is 2. The minimum atomic E-state index is -5.23. The molecule has 0 aliphatic carbocycles. The fourth-order valence-electron chi connectivity index (χ4n) is 3.79. The molecule has 2 heterocycles. The molecule has 33 heavy (non-hydrogen) atoms. The van der Waals surface area contributed by atoms with Crippen molar-refractivity contribution in [1.82, 2.24) is 5.32 Å². The lowest BCUT2D eigenvalue weighted by atomic mass is 10.0. The number of hydrogen-bond donors (Lipinski definition) is 3. The van der Waals surface area contributed by atoms with Crippen molar-refractivity contribution in [2.45, 2.75) is 44.7 Å². The van der Waals surface area contributed by atoms with Crippen LogP contribution in [-0.2, 0) is 33.8 Å². The van der Waals surface area contributed by atoms with Gasteiger partial charge in [0, 0.05) is 18.4 Å². The number of thiophene rings is 1. The van der Waals surface area contributed by atoms with E-state index in [1.54, 1.807) is 5.32 Å². The van der Waals surface area contributed by atoms with E-state index in [9.17, 15) is 28.0 Å². The minimum absolute atomic E-state index is 0.0528. The van der Waals surface area contributed by atoms with E-state index in [0.29, 0.717) is 25.1 Å². The third kappa shape index (κ3) is 4.96. The molecule has 1 amide bonds. The predicted molar refractivity (Wildman–Crippen MR) is 115 cm³/mol. The van der Waals surface area contributed by atoms with Crippen LogP contribution in [0.2, 0.25) is 0 Å². The molecule has 0 saturated carbocycles. The van der Waals surface area contributed by atoms with Crippen LogP contribution in [0, 0.1) is 11.3 Å². The van der Waals surface area contributed by atoms with Crippen molar-refractivity contribution in [3.8, 4) is 6.07 Å². The minimum Gasteiger partial charge on any atom is -0.466 e.